The molecular formula is C12H18O5S. The van der Waals surface area contributed by atoms with Gasteiger partial charge >= 0.3 is 0 Å². The largest absolute Gasteiger partial charge is 0.396 e. The Morgan fingerprint density at radius 3 is 2.44 bits per heavy atom. The van der Waals surface area contributed by atoms with E-state index >= 15 is 0 Å². The van der Waals surface area contributed by atoms with Crippen molar-refractivity contribution in [2.75, 3.05) is 13.2 Å². The van der Waals surface area contributed by atoms with Crippen molar-refractivity contribution in [3.63, 3.8) is 0 Å². The summed E-state index contributed by atoms with van der Waals surface area (Å²) < 4.78 is 28.2. The zero-order chi connectivity index (χ0) is 13.6. The maximum atomic E-state index is 11.7. The van der Waals surface area contributed by atoms with Gasteiger partial charge in [-0.15, -0.1) is 0 Å². The van der Waals surface area contributed by atoms with Gasteiger partial charge in [-0.3, -0.25) is 4.18 Å². The standard InChI is InChI=1S/C12H18O5S/c1-10-4-6-12(7-5-10)18(15,16)17-9-11(14)3-2-8-13/h4-7,11,13-14H,2-3,8-9H2,1H3/t11-/m0/s1. The molecule has 0 saturated carbocycles. The molecule has 0 saturated heterocycles. The Labute approximate surface area is 107 Å². The summed E-state index contributed by atoms with van der Waals surface area (Å²) in [5.74, 6) is 0. The van der Waals surface area contributed by atoms with Crippen molar-refractivity contribution in [1.82, 2.24) is 0 Å². The molecule has 0 fully saturated rings. The highest BCUT2D eigenvalue weighted by molar-refractivity contribution is 7.86. The van der Waals surface area contributed by atoms with Gasteiger partial charge in [-0.05, 0) is 31.9 Å². The van der Waals surface area contributed by atoms with E-state index < -0.39 is 16.2 Å². The zero-order valence-electron chi connectivity index (χ0n) is 10.2. The van der Waals surface area contributed by atoms with Crippen molar-refractivity contribution in [2.24, 2.45) is 0 Å². The normalized spacial score (nSPS) is 13.5. The van der Waals surface area contributed by atoms with E-state index in [0.717, 1.165) is 5.56 Å². The van der Waals surface area contributed by atoms with Gasteiger partial charge in [0, 0.05) is 6.61 Å². The minimum Gasteiger partial charge on any atom is -0.396 e. The summed E-state index contributed by atoms with van der Waals surface area (Å²) in [7, 11) is -3.82. The van der Waals surface area contributed by atoms with Gasteiger partial charge in [0.25, 0.3) is 10.1 Å². The smallest absolute Gasteiger partial charge is 0.297 e. The third kappa shape index (κ3) is 4.73. The van der Waals surface area contributed by atoms with E-state index in [0.29, 0.717) is 12.8 Å². The average molecular weight is 274 g/mol. The first-order valence-corrected chi connectivity index (χ1v) is 7.11. The van der Waals surface area contributed by atoms with Crippen LogP contribution in [0.5, 0.6) is 0 Å². The number of aliphatic hydroxyl groups excluding tert-OH is 2. The van der Waals surface area contributed by atoms with Crippen LogP contribution in [0.25, 0.3) is 0 Å². The number of hydrogen-bond acceptors (Lipinski definition) is 5. The highest BCUT2D eigenvalue weighted by Crippen LogP contribution is 2.13. The molecule has 0 amide bonds. The molecule has 1 atom stereocenters. The molecule has 0 aliphatic carbocycles. The lowest BCUT2D eigenvalue weighted by Crippen LogP contribution is -2.19. The maximum Gasteiger partial charge on any atom is 0.297 e. The summed E-state index contributed by atoms with van der Waals surface area (Å²) in [5.41, 5.74) is 0.955. The third-order valence-electron chi connectivity index (χ3n) is 2.42. The minimum atomic E-state index is -3.82. The van der Waals surface area contributed by atoms with E-state index in [1.807, 2.05) is 6.92 Å². The fourth-order valence-corrected chi connectivity index (χ4v) is 2.29. The number of hydrogen-bond donors (Lipinski definition) is 2. The van der Waals surface area contributed by atoms with Crippen molar-refractivity contribution in [3.8, 4) is 0 Å². The van der Waals surface area contributed by atoms with Crippen molar-refractivity contribution >= 4 is 10.1 Å². The van der Waals surface area contributed by atoms with Gasteiger partial charge in [0.2, 0.25) is 0 Å². The molecule has 2 N–H and O–H groups in total. The van der Waals surface area contributed by atoms with Crippen molar-refractivity contribution < 1.29 is 22.8 Å². The first-order chi connectivity index (χ1) is 8.45. The minimum absolute atomic E-state index is 0.0399. The first kappa shape index (κ1) is 15.1. The fourth-order valence-electron chi connectivity index (χ4n) is 1.35. The molecule has 18 heavy (non-hydrogen) atoms. The molecule has 0 aromatic heterocycles. The van der Waals surface area contributed by atoms with E-state index in [4.69, 9.17) is 9.29 Å². The van der Waals surface area contributed by atoms with Gasteiger partial charge in [0.1, 0.15) is 0 Å². The molecule has 5 nitrogen and oxygen atoms in total. The average Bonchev–Trinajstić information content (AvgIpc) is 2.34. The Balaban J connectivity index is 2.57. The topological polar surface area (TPSA) is 83.8 Å². The molecule has 0 spiro atoms. The summed E-state index contributed by atoms with van der Waals surface area (Å²) in [6.45, 7) is 1.52. The van der Waals surface area contributed by atoms with E-state index in [-0.39, 0.29) is 18.1 Å². The molecule has 6 heteroatoms. The van der Waals surface area contributed by atoms with Crippen LogP contribution in [0.15, 0.2) is 29.2 Å². The second-order valence-corrected chi connectivity index (χ2v) is 5.69. The lowest BCUT2D eigenvalue weighted by atomic mass is 10.2. The van der Waals surface area contributed by atoms with Gasteiger partial charge in [0.05, 0.1) is 17.6 Å². The summed E-state index contributed by atoms with van der Waals surface area (Å²) in [6, 6.07) is 6.28. The van der Waals surface area contributed by atoms with Gasteiger partial charge in [0.15, 0.2) is 0 Å². The molecule has 1 aromatic carbocycles. The van der Waals surface area contributed by atoms with Crippen LogP contribution in [-0.4, -0.2) is 37.9 Å². The quantitative estimate of drug-likeness (QED) is 0.720. The van der Waals surface area contributed by atoms with Gasteiger partial charge < -0.3 is 10.2 Å². The second-order valence-electron chi connectivity index (χ2n) is 4.07. The van der Waals surface area contributed by atoms with Gasteiger partial charge in [-0.2, -0.15) is 8.42 Å². The van der Waals surface area contributed by atoms with Crippen molar-refractivity contribution in [1.29, 1.82) is 0 Å². The van der Waals surface area contributed by atoms with Crippen LogP contribution < -0.4 is 0 Å². The van der Waals surface area contributed by atoms with Crippen molar-refractivity contribution in [2.45, 2.75) is 30.8 Å². The molecule has 102 valence electrons. The van der Waals surface area contributed by atoms with Crippen LogP contribution in [0.1, 0.15) is 18.4 Å². The second kappa shape index (κ2) is 6.84. The highest BCUT2D eigenvalue weighted by atomic mass is 32.2. The van der Waals surface area contributed by atoms with E-state index in [2.05, 4.69) is 0 Å². The van der Waals surface area contributed by atoms with Crippen LogP contribution in [0.3, 0.4) is 0 Å². The van der Waals surface area contributed by atoms with Crippen molar-refractivity contribution in [3.05, 3.63) is 29.8 Å². The molecular weight excluding hydrogens is 256 g/mol. The zero-order valence-corrected chi connectivity index (χ0v) is 11.1. The number of aliphatic hydroxyl groups is 2. The predicted molar refractivity (Wildman–Crippen MR) is 66.6 cm³/mol. The van der Waals surface area contributed by atoms with Gasteiger partial charge in [-0.25, -0.2) is 0 Å². The summed E-state index contributed by atoms with van der Waals surface area (Å²) in [5, 5.41) is 18.0. The Morgan fingerprint density at radius 2 is 1.89 bits per heavy atom. The fraction of sp³-hybridized carbons (Fsp3) is 0.500. The molecule has 0 heterocycles. The van der Waals surface area contributed by atoms with E-state index in [1.54, 1.807) is 12.1 Å². The SMILES string of the molecule is Cc1ccc(S(=O)(=O)OC[C@@H](O)CCCO)cc1. The molecule has 1 aromatic rings. The number of aryl methyl sites for hydroxylation is 1. The van der Waals surface area contributed by atoms with Crippen LogP contribution in [0.4, 0.5) is 0 Å². The summed E-state index contributed by atoms with van der Waals surface area (Å²) in [4.78, 5) is 0.0717. The molecule has 0 aliphatic rings. The van der Waals surface area contributed by atoms with Crippen LogP contribution in [0, 0.1) is 6.92 Å². The lowest BCUT2D eigenvalue weighted by molar-refractivity contribution is 0.0953. The van der Waals surface area contributed by atoms with E-state index in [9.17, 15) is 13.5 Å². The molecule has 0 bridgehead atoms. The Hall–Kier alpha value is -0.950. The molecule has 0 aliphatic heterocycles. The summed E-state index contributed by atoms with van der Waals surface area (Å²) in [6.07, 6.45) is -0.174. The lowest BCUT2D eigenvalue weighted by Gasteiger charge is -2.10. The van der Waals surface area contributed by atoms with E-state index in [1.165, 1.54) is 12.1 Å². The Morgan fingerprint density at radius 1 is 1.28 bits per heavy atom. The molecule has 0 radical (unpaired) electrons. The Bertz CT molecular complexity index is 452. The van der Waals surface area contributed by atoms with Crippen LogP contribution in [-0.2, 0) is 14.3 Å². The highest BCUT2D eigenvalue weighted by Gasteiger charge is 2.17. The molecule has 0 unspecified atom stereocenters. The third-order valence-corrected chi connectivity index (χ3v) is 3.72. The maximum absolute atomic E-state index is 11.7. The first-order valence-electron chi connectivity index (χ1n) is 5.71. The monoisotopic (exact) mass is 274 g/mol. The predicted octanol–water partition coefficient (Wildman–Crippen LogP) is 0.834. The van der Waals surface area contributed by atoms with Gasteiger partial charge in [-0.1, -0.05) is 17.7 Å². The number of benzene rings is 1. The Kier molecular flexibility index (Phi) is 5.74. The van der Waals surface area contributed by atoms with Crippen LogP contribution in [0.2, 0.25) is 0 Å². The summed E-state index contributed by atoms with van der Waals surface area (Å²) >= 11 is 0. The molecule has 1 rings (SSSR count). The number of rotatable bonds is 7. The van der Waals surface area contributed by atoms with Crippen LogP contribution >= 0.6 is 0 Å².